The fourth-order valence-corrected chi connectivity index (χ4v) is 3.82. The molecule has 5 rings (SSSR count). The third kappa shape index (κ3) is 4.07. The quantitative estimate of drug-likeness (QED) is 0.670. The van der Waals surface area contributed by atoms with Gasteiger partial charge in [-0.2, -0.15) is 0 Å². The predicted molar refractivity (Wildman–Crippen MR) is 111 cm³/mol. The summed E-state index contributed by atoms with van der Waals surface area (Å²) in [6, 6.07) is 4.46. The minimum Gasteiger partial charge on any atom is -0.355 e. The Morgan fingerprint density at radius 1 is 1.17 bits per heavy atom. The molecule has 1 saturated carbocycles. The lowest BCUT2D eigenvalue weighted by atomic mass is 10.1. The molecule has 0 spiro atoms. The molecular formula is C21H25N7O. The van der Waals surface area contributed by atoms with Crippen LogP contribution in [0, 0.1) is 12.8 Å². The summed E-state index contributed by atoms with van der Waals surface area (Å²) in [6.45, 7) is 5.00. The summed E-state index contributed by atoms with van der Waals surface area (Å²) in [5.41, 5.74) is 2.78. The minimum absolute atomic E-state index is 0.270. The van der Waals surface area contributed by atoms with E-state index < -0.39 is 0 Å². The number of carbonyl (C=O) groups excluding carboxylic acids is 1. The number of carbonyl (C=O) groups is 1. The van der Waals surface area contributed by atoms with Gasteiger partial charge in [-0.25, -0.2) is 15.0 Å². The van der Waals surface area contributed by atoms with Crippen molar-refractivity contribution < 1.29 is 4.79 Å². The molecule has 1 saturated heterocycles. The number of nitrogens with one attached hydrogen (secondary N) is 2. The smallest absolute Gasteiger partial charge is 0.275 e. The number of pyridine rings is 1. The molecule has 0 bridgehead atoms. The highest BCUT2D eigenvalue weighted by atomic mass is 16.1. The lowest BCUT2D eigenvalue weighted by Gasteiger charge is -2.17. The molecule has 1 aliphatic heterocycles. The number of amides is 1. The van der Waals surface area contributed by atoms with Gasteiger partial charge < -0.3 is 19.9 Å². The summed E-state index contributed by atoms with van der Waals surface area (Å²) in [5.74, 6) is 1.22. The Morgan fingerprint density at radius 3 is 2.86 bits per heavy atom. The molecule has 0 aromatic carbocycles. The second-order valence-corrected chi connectivity index (χ2v) is 8.06. The number of fused-ring (bicyclic) bond motifs is 1. The molecule has 2 fully saturated rings. The lowest BCUT2D eigenvalue weighted by molar-refractivity contribution is 0.102. The van der Waals surface area contributed by atoms with Gasteiger partial charge in [0.05, 0.1) is 23.8 Å². The summed E-state index contributed by atoms with van der Waals surface area (Å²) in [7, 11) is 0. The topological polar surface area (TPSA) is 87.5 Å². The highest BCUT2D eigenvalue weighted by molar-refractivity contribution is 6.02. The first-order valence-electron chi connectivity index (χ1n) is 10.2. The lowest BCUT2D eigenvalue weighted by Crippen LogP contribution is -2.28. The van der Waals surface area contributed by atoms with Crippen molar-refractivity contribution in [3.8, 4) is 0 Å². The maximum absolute atomic E-state index is 12.5. The van der Waals surface area contributed by atoms with Crippen LogP contribution in [0.25, 0.3) is 5.65 Å². The van der Waals surface area contributed by atoms with Crippen LogP contribution in [0.15, 0.2) is 36.9 Å². The predicted octanol–water partition coefficient (Wildman–Crippen LogP) is 2.26. The zero-order chi connectivity index (χ0) is 19.8. The standard InChI is InChI=1S/C21H25N7O/c1-14-11-28-13-17(4-5-19(28)25-14)26-21(29)18-9-24-20(10-23-18)27-7-6-15(12-27)8-22-16-2-3-16/h4-5,9-11,13,15-16,22H,2-3,6-8,12H2,1H3,(H,26,29). The van der Waals surface area contributed by atoms with Gasteiger partial charge in [0.1, 0.15) is 17.2 Å². The first-order valence-corrected chi connectivity index (χ1v) is 10.2. The van der Waals surface area contributed by atoms with E-state index in [1.54, 1.807) is 12.4 Å². The van der Waals surface area contributed by atoms with Crippen LogP contribution in [-0.4, -0.2) is 50.9 Å². The Kier molecular flexibility index (Phi) is 4.63. The molecule has 150 valence electrons. The average Bonchev–Trinajstić information content (AvgIpc) is 3.30. The van der Waals surface area contributed by atoms with Gasteiger partial charge in [0.15, 0.2) is 0 Å². The van der Waals surface area contributed by atoms with Crippen molar-refractivity contribution in [2.45, 2.75) is 32.2 Å². The monoisotopic (exact) mass is 391 g/mol. The Hall–Kier alpha value is -3.00. The van der Waals surface area contributed by atoms with E-state index in [1.165, 1.54) is 19.3 Å². The summed E-state index contributed by atoms with van der Waals surface area (Å²) in [6.07, 6.45) is 10.8. The van der Waals surface area contributed by atoms with Crippen LogP contribution in [0.1, 0.15) is 35.4 Å². The molecule has 2 aliphatic rings. The minimum atomic E-state index is -0.270. The number of aryl methyl sites for hydroxylation is 1. The third-order valence-electron chi connectivity index (χ3n) is 5.58. The largest absolute Gasteiger partial charge is 0.355 e. The summed E-state index contributed by atoms with van der Waals surface area (Å²) >= 11 is 0. The molecule has 1 aliphatic carbocycles. The van der Waals surface area contributed by atoms with Crippen LogP contribution in [0.4, 0.5) is 11.5 Å². The van der Waals surface area contributed by atoms with Gasteiger partial charge in [-0.05, 0) is 50.8 Å². The van der Waals surface area contributed by atoms with Crippen LogP contribution in [0.2, 0.25) is 0 Å². The second kappa shape index (κ2) is 7.44. The van der Waals surface area contributed by atoms with Gasteiger partial charge in [-0.15, -0.1) is 0 Å². The number of anilines is 2. The van der Waals surface area contributed by atoms with Crippen LogP contribution in [0.5, 0.6) is 0 Å². The fourth-order valence-electron chi connectivity index (χ4n) is 3.82. The molecule has 0 radical (unpaired) electrons. The van der Waals surface area contributed by atoms with E-state index in [2.05, 4.69) is 30.5 Å². The Morgan fingerprint density at radius 2 is 2.07 bits per heavy atom. The van der Waals surface area contributed by atoms with Crippen molar-refractivity contribution in [1.82, 2.24) is 24.7 Å². The Balaban J connectivity index is 1.20. The zero-order valence-electron chi connectivity index (χ0n) is 16.5. The molecule has 29 heavy (non-hydrogen) atoms. The first kappa shape index (κ1) is 18.1. The van der Waals surface area contributed by atoms with E-state index in [1.807, 2.05) is 35.9 Å². The van der Waals surface area contributed by atoms with Crippen molar-refractivity contribution in [2.24, 2.45) is 5.92 Å². The number of aromatic nitrogens is 4. The Labute approximate surface area is 169 Å². The van der Waals surface area contributed by atoms with Crippen LogP contribution >= 0.6 is 0 Å². The van der Waals surface area contributed by atoms with Crippen molar-refractivity contribution in [3.05, 3.63) is 48.3 Å². The van der Waals surface area contributed by atoms with Gasteiger partial charge in [0.2, 0.25) is 0 Å². The van der Waals surface area contributed by atoms with E-state index in [0.717, 1.165) is 42.8 Å². The highest BCUT2D eigenvalue weighted by Gasteiger charge is 2.27. The number of nitrogens with zero attached hydrogens (tertiary/aromatic N) is 5. The highest BCUT2D eigenvalue weighted by Crippen LogP contribution is 2.24. The van der Waals surface area contributed by atoms with Crippen molar-refractivity contribution >= 4 is 23.1 Å². The molecule has 1 amide bonds. The van der Waals surface area contributed by atoms with Crippen LogP contribution < -0.4 is 15.5 Å². The molecule has 1 unspecified atom stereocenters. The molecule has 8 heteroatoms. The normalized spacial score (nSPS) is 19.1. The SMILES string of the molecule is Cc1cn2cc(NC(=O)c3cnc(N4CCC(CNC5CC5)C4)cn3)ccc2n1. The number of imidazole rings is 1. The average molecular weight is 391 g/mol. The van der Waals surface area contributed by atoms with Gasteiger partial charge in [0.25, 0.3) is 5.91 Å². The molecule has 3 aromatic rings. The number of rotatable bonds is 6. The van der Waals surface area contributed by atoms with E-state index >= 15 is 0 Å². The van der Waals surface area contributed by atoms with E-state index in [0.29, 0.717) is 17.3 Å². The Bertz CT molecular complexity index is 1030. The molecule has 2 N–H and O–H groups in total. The first-order chi connectivity index (χ1) is 14.1. The summed E-state index contributed by atoms with van der Waals surface area (Å²) in [4.78, 5) is 28.0. The third-order valence-corrected chi connectivity index (χ3v) is 5.58. The fraction of sp³-hybridized carbons (Fsp3) is 0.429. The van der Waals surface area contributed by atoms with Crippen molar-refractivity contribution in [3.63, 3.8) is 0 Å². The van der Waals surface area contributed by atoms with Crippen molar-refractivity contribution in [2.75, 3.05) is 29.9 Å². The summed E-state index contributed by atoms with van der Waals surface area (Å²) in [5, 5.41) is 6.49. The van der Waals surface area contributed by atoms with Gasteiger partial charge in [-0.1, -0.05) is 0 Å². The zero-order valence-corrected chi connectivity index (χ0v) is 16.5. The molecule has 1 atom stereocenters. The molecular weight excluding hydrogens is 366 g/mol. The maximum Gasteiger partial charge on any atom is 0.275 e. The van der Waals surface area contributed by atoms with Crippen LogP contribution in [-0.2, 0) is 0 Å². The van der Waals surface area contributed by atoms with Crippen LogP contribution in [0.3, 0.4) is 0 Å². The van der Waals surface area contributed by atoms with E-state index in [9.17, 15) is 4.79 Å². The molecule has 8 nitrogen and oxygen atoms in total. The summed E-state index contributed by atoms with van der Waals surface area (Å²) < 4.78 is 1.89. The number of hydrogen-bond donors (Lipinski definition) is 2. The van der Waals surface area contributed by atoms with E-state index in [-0.39, 0.29) is 5.91 Å². The van der Waals surface area contributed by atoms with Gasteiger partial charge in [0, 0.05) is 31.5 Å². The molecule has 4 heterocycles. The second-order valence-electron chi connectivity index (χ2n) is 8.06. The van der Waals surface area contributed by atoms with Crippen molar-refractivity contribution in [1.29, 1.82) is 0 Å². The maximum atomic E-state index is 12.5. The van der Waals surface area contributed by atoms with Gasteiger partial charge in [-0.3, -0.25) is 4.79 Å². The molecule has 3 aromatic heterocycles. The van der Waals surface area contributed by atoms with Gasteiger partial charge >= 0.3 is 0 Å². The van der Waals surface area contributed by atoms with E-state index in [4.69, 9.17) is 0 Å². The number of hydrogen-bond acceptors (Lipinski definition) is 6.